The number of hydrogen-bond acceptors (Lipinski definition) is 4. The number of ether oxygens (including phenoxy) is 1. The van der Waals surface area contributed by atoms with E-state index >= 15 is 0 Å². The predicted octanol–water partition coefficient (Wildman–Crippen LogP) is 1.79. The lowest BCUT2D eigenvalue weighted by Crippen LogP contribution is -2.43. The highest BCUT2D eigenvalue weighted by atomic mass is 35.5. The molecule has 1 aromatic heterocycles. The molecule has 16 heavy (non-hydrogen) atoms. The zero-order valence-corrected chi connectivity index (χ0v) is 9.82. The molecule has 1 fully saturated rings. The highest BCUT2D eigenvalue weighted by Crippen LogP contribution is 2.32. The fourth-order valence-electron chi connectivity index (χ4n) is 1.76. The molecule has 0 bridgehead atoms. The summed E-state index contributed by atoms with van der Waals surface area (Å²) in [6.07, 6.45) is 0. The van der Waals surface area contributed by atoms with Crippen LogP contribution in [0, 0.1) is 22.5 Å². The molecule has 6 nitrogen and oxygen atoms in total. The van der Waals surface area contributed by atoms with E-state index in [9.17, 15) is 10.1 Å². The highest BCUT2D eigenvalue weighted by Gasteiger charge is 2.36. The van der Waals surface area contributed by atoms with Gasteiger partial charge in [0.2, 0.25) is 5.15 Å². The Morgan fingerprint density at radius 3 is 2.69 bits per heavy atom. The van der Waals surface area contributed by atoms with Crippen molar-refractivity contribution in [1.82, 2.24) is 9.78 Å². The second-order valence-corrected chi connectivity index (χ2v) is 4.80. The summed E-state index contributed by atoms with van der Waals surface area (Å²) in [7, 11) is 0. The molecule has 0 aliphatic carbocycles. The van der Waals surface area contributed by atoms with Gasteiger partial charge < -0.3 is 4.74 Å². The van der Waals surface area contributed by atoms with Crippen LogP contribution < -0.4 is 0 Å². The van der Waals surface area contributed by atoms with Gasteiger partial charge in [-0.3, -0.25) is 14.8 Å². The molecule has 2 heterocycles. The summed E-state index contributed by atoms with van der Waals surface area (Å²) < 4.78 is 6.71. The molecule has 0 atom stereocenters. The maximum Gasteiger partial charge on any atom is 0.328 e. The molecule has 1 aromatic rings. The van der Waals surface area contributed by atoms with Crippen LogP contribution in [0.25, 0.3) is 0 Å². The minimum Gasteiger partial charge on any atom is -0.380 e. The Bertz CT molecular complexity index is 439. The number of halogens is 1. The summed E-state index contributed by atoms with van der Waals surface area (Å²) in [5.74, 6) is 0. The summed E-state index contributed by atoms with van der Waals surface area (Å²) in [4.78, 5) is 10.2. The molecule has 0 radical (unpaired) electrons. The van der Waals surface area contributed by atoms with E-state index in [0.29, 0.717) is 25.5 Å². The number of aromatic nitrogens is 2. The first-order chi connectivity index (χ1) is 7.43. The molecule has 0 aromatic carbocycles. The standard InChI is InChI=1S/C9H12ClN3O3/c1-6-7(13(14)15)8(10)11-12(6)3-9(2)4-16-5-9/h3-5H2,1-2H3. The Hall–Kier alpha value is -1.14. The molecule has 2 rings (SSSR count). The third-order valence-corrected chi connectivity index (χ3v) is 3.00. The quantitative estimate of drug-likeness (QED) is 0.601. The van der Waals surface area contributed by atoms with Crippen molar-refractivity contribution in [2.45, 2.75) is 20.4 Å². The van der Waals surface area contributed by atoms with Crippen LogP contribution >= 0.6 is 11.6 Å². The van der Waals surface area contributed by atoms with E-state index in [2.05, 4.69) is 12.0 Å². The van der Waals surface area contributed by atoms with Crippen LogP contribution in [0.5, 0.6) is 0 Å². The van der Waals surface area contributed by atoms with Crippen LogP contribution in [0.1, 0.15) is 12.6 Å². The van der Waals surface area contributed by atoms with Crippen molar-refractivity contribution in [3.8, 4) is 0 Å². The zero-order valence-electron chi connectivity index (χ0n) is 9.07. The number of nitrogens with zero attached hydrogens (tertiary/aromatic N) is 3. The molecule has 1 saturated heterocycles. The van der Waals surface area contributed by atoms with Crippen molar-refractivity contribution in [1.29, 1.82) is 0 Å². The molecule has 88 valence electrons. The van der Waals surface area contributed by atoms with E-state index in [4.69, 9.17) is 16.3 Å². The van der Waals surface area contributed by atoms with Gasteiger partial charge in [-0.25, -0.2) is 0 Å². The van der Waals surface area contributed by atoms with E-state index in [1.165, 1.54) is 0 Å². The average molecular weight is 246 g/mol. The van der Waals surface area contributed by atoms with Crippen LogP contribution in [-0.2, 0) is 11.3 Å². The van der Waals surface area contributed by atoms with E-state index in [1.54, 1.807) is 11.6 Å². The first-order valence-corrected chi connectivity index (χ1v) is 5.26. The maximum atomic E-state index is 10.7. The number of hydrogen-bond donors (Lipinski definition) is 0. The average Bonchev–Trinajstić information content (AvgIpc) is 2.39. The van der Waals surface area contributed by atoms with Gasteiger partial charge in [0, 0.05) is 5.41 Å². The van der Waals surface area contributed by atoms with Crippen LogP contribution in [0.3, 0.4) is 0 Å². The van der Waals surface area contributed by atoms with E-state index in [-0.39, 0.29) is 16.3 Å². The largest absolute Gasteiger partial charge is 0.380 e. The van der Waals surface area contributed by atoms with Gasteiger partial charge in [-0.1, -0.05) is 18.5 Å². The van der Waals surface area contributed by atoms with Crippen LogP contribution in [-0.4, -0.2) is 27.9 Å². The Balaban J connectivity index is 2.28. The summed E-state index contributed by atoms with van der Waals surface area (Å²) in [6.45, 7) is 5.60. The molecule has 1 aliphatic heterocycles. The molecule has 0 unspecified atom stereocenters. The minimum absolute atomic E-state index is 0.00791. The second-order valence-electron chi connectivity index (χ2n) is 4.44. The Labute approximate surface area is 97.3 Å². The van der Waals surface area contributed by atoms with Crippen molar-refractivity contribution in [3.05, 3.63) is 21.0 Å². The van der Waals surface area contributed by atoms with Gasteiger partial charge in [-0.05, 0) is 6.92 Å². The van der Waals surface area contributed by atoms with Gasteiger partial charge in [0.15, 0.2) is 0 Å². The Morgan fingerprint density at radius 2 is 2.31 bits per heavy atom. The molecule has 0 spiro atoms. The Kier molecular flexibility index (Phi) is 2.63. The van der Waals surface area contributed by atoms with Crippen molar-refractivity contribution in [2.75, 3.05) is 13.2 Å². The summed E-state index contributed by atoms with van der Waals surface area (Å²) in [5, 5.41) is 14.7. The Morgan fingerprint density at radius 1 is 1.69 bits per heavy atom. The lowest BCUT2D eigenvalue weighted by molar-refractivity contribution is -0.385. The van der Waals surface area contributed by atoms with Crippen LogP contribution in [0.4, 0.5) is 5.69 Å². The monoisotopic (exact) mass is 245 g/mol. The van der Waals surface area contributed by atoms with Gasteiger partial charge >= 0.3 is 5.69 Å². The lowest BCUT2D eigenvalue weighted by atomic mass is 9.89. The van der Waals surface area contributed by atoms with Gasteiger partial charge in [-0.15, -0.1) is 0 Å². The summed E-state index contributed by atoms with van der Waals surface area (Å²) in [5.41, 5.74) is 0.391. The fraction of sp³-hybridized carbons (Fsp3) is 0.667. The smallest absolute Gasteiger partial charge is 0.328 e. The van der Waals surface area contributed by atoms with Crippen molar-refractivity contribution in [2.24, 2.45) is 5.41 Å². The molecule has 0 N–H and O–H groups in total. The third kappa shape index (κ3) is 1.78. The molecule has 0 saturated carbocycles. The number of nitro groups is 1. The normalized spacial score (nSPS) is 18.2. The van der Waals surface area contributed by atoms with E-state index < -0.39 is 4.92 Å². The summed E-state index contributed by atoms with van der Waals surface area (Å²) in [6, 6.07) is 0. The molecule has 7 heteroatoms. The first-order valence-electron chi connectivity index (χ1n) is 4.88. The SMILES string of the molecule is Cc1c([N+](=O)[O-])c(Cl)nn1CC1(C)COC1. The first kappa shape index (κ1) is 11.3. The summed E-state index contributed by atoms with van der Waals surface area (Å²) >= 11 is 5.73. The van der Waals surface area contributed by atoms with Crippen LogP contribution in [0.2, 0.25) is 5.15 Å². The van der Waals surface area contributed by atoms with E-state index in [1.807, 2.05) is 0 Å². The molecular formula is C9H12ClN3O3. The number of rotatable bonds is 3. The maximum absolute atomic E-state index is 10.7. The van der Waals surface area contributed by atoms with Crippen molar-refractivity contribution < 1.29 is 9.66 Å². The van der Waals surface area contributed by atoms with Gasteiger partial charge in [0.1, 0.15) is 5.69 Å². The van der Waals surface area contributed by atoms with Crippen molar-refractivity contribution >= 4 is 17.3 Å². The van der Waals surface area contributed by atoms with Gasteiger partial charge in [0.25, 0.3) is 0 Å². The predicted molar refractivity (Wildman–Crippen MR) is 57.6 cm³/mol. The fourth-order valence-corrected chi connectivity index (χ4v) is 2.06. The van der Waals surface area contributed by atoms with Gasteiger partial charge in [0.05, 0.1) is 24.7 Å². The third-order valence-electron chi connectivity index (χ3n) is 2.75. The molecule has 0 amide bonds. The second kappa shape index (κ2) is 3.71. The van der Waals surface area contributed by atoms with Crippen molar-refractivity contribution in [3.63, 3.8) is 0 Å². The molecular weight excluding hydrogens is 234 g/mol. The minimum atomic E-state index is -0.499. The zero-order chi connectivity index (χ0) is 11.9. The topological polar surface area (TPSA) is 70.2 Å². The highest BCUT2D eigenvalue weighted by molar-refractivity contribution is 6.31. The van der Waals surface area contributed by atoms with E-state index in [0.717, 1.165) is 0 Å². The van der Waals surface area contributed by atoms with Crippen LogP contribution in [0.15, 0.2) is 0 Å². The van der Waals surface area contributed by atoms with Gasteiger partial charge in [-0.2, -0.15) is 5.10 Å². The molecule has 1 aliphatic rings. The lowest BCUT2D eigenvalue weighted by Gasteiger charge is -2.37.